The fourth-order valence-electron chi connectivity index (χ4n) is 2.52. The van der Waals surface area contributed by atoms with Gasteiger partial charge < -0.3 is 4.90 Å². The van der Waals surface area contributed by atoms with Crippen molar-refractivity contribution in [3.05, 3.63) is 53.2 Å². The molecule has 1 aromatic heterocycles. The Morgan fingerprint density at radius 2 is 1.81 bits per heavy atom. The van der Waals surface area contributed by atoms with Crippen LogP contribution in [0.1, 0.15) is 5.56 Å². The van der Waals surface area contributed by atoms with Gasteiger partial charge in [-0.15, -0.1) is 0 Å². The Bertz CT molecular complexity index is 600. The van der Waals surface area contributed by atoms with Crippen LogP contribution < -0.4 is 4.90 Å². The number of hydrogen-bond donors (Lipinski definition) is 0. The summed E-state index contributed by atoms with van der Waals surface area (Å²) in [5.74, 6) is -0.120. The Morgan fingerprint density at radius 3 is 2.52 bits per heavy atom. The molecule has 2 heterocycles. The molecule has 1 aromatic carbocycles. The van der Waals surface area contributed by atoms with Gasteiger partial charge in [0.25, 0.3) is 0 Å². The van der Waals surface area contributed by atoms with Gasteiger partial charge in [0.2, 0.25) is 5.28 Å². The van der Waals surface area contributed by atoms with Gasteiger partial charge in [0, 0.05) is 32.7 Å². The molecule has 0 aliphatic carbocycles. The van der Waals surface area contributed by atoms with E-state index in [-0.39, 0.29) is 5.28 Å². The van der Waals surface area contributed by atoms with Crippen molar-refractivity contribution in [1.29, 1.82) is 0 Å². The van der Waals surface area contributed by atoms with E-state index >= 15 is 0 Å². The standard InChI is InChI=1S/C15H16ClFN4/c16-15-18-10-13(17)14(19-15)21-8-6-20(7-9-21)11-12-4-2-1-3-5-12/h1-5,10H,6-9,11H2. The largest absolute Gasteiger partial charge is 0.351 e. The Morgan fingerprint density at radius 1 is 1.10 bits per heavy atom. The fourth-order valence-corrected chi connectivity index (χ4v) is 2.65. The average Bonchev–Trinajstić information content (AvgIpc) is 2.52. The molecule has 3 rings (SSSR count). The quantitative estimate of drug-likeness (QED) is 0.816. The zero-order valence-corrected chi connectivity index (χ0v) is 12.3. The van der Waals surface area contributed by atoms with Crippen LogP contribution >= 0.6 is 11.6 Å². The molecule has 0 radical (unpaired) electrons. The number of aromatic nitrogens is 2. The van der Waals surface area contributed by atoms with E-state index in [4.69, 9.17) is 11.6 Å². The number of rotatable bonds is 3. The normalized spacial score (nSPS) is 16.2. The van der Waals surface area contributed by atoms with Crippen LogP contribution in [0.2, 0.25) is 5.28 Å². The lowest BCUT2D eigenvalue weighted by Gasteiger charge is -2.35. The summed E-state index contributed by atoms with van der Waals surface area (Å²) in [6.45, 7) is 4.13. The maximum absolute atomic E-state index is 13.8. The third-order valence-electron chi connectivity index (χ3n) is 3.62. The molecule has 1 saturated heterocycles. The van der Waals surface area contributed by atoms with E-state index < -0.39 is 5.82 Å². The number of anilines is 1. The van der Waals surface area contributed by atoms with Gasteiger partial charge in [-0.25, -0.2) is 9.37 Å². The first kappa shape index (κ1) is 14.2. The molecule has 6 heteroatoms. The van der Waals surface area contributed by atoms with Gasteiger partial charge in [-0.3, -0.25) is 4.90 Å². The Hall–Kier alpha value is -1.72. The molecule has 21 heavy (non-hydrogen) atoms. The predicted octanol–water partition coefficient (Wildman–Crippen LogP) is 2.59. The number of halogens is 2. The summed E-state index contributed by atoms with van der Waals surface area (Å²) in [5, 5.41) is 0.0816. The van der Waals surface area contributed by atoms with E-state index in [0.29, 0.717) is 5.82 Å². The average molecular weight is 307 g/mol. The van der Waals surface area contributed by atoms with Crippen molar-refractivity contribution in [2.45, 2.75) is 6.54 Å². The maximum atomic E-state index is 13.8. The van der Waals surface area contributed by atoms with Crippen LogP contribution in [0.15, 0.2) is 36.5 Å². The number of nitrogens with zero attached hydrogens (tertiary/aromatic N) is 4. The highest BCUT2D eigenvalue weighted by Gasteiger charge is 2.21. The number of hydrogen-bond acceptors (Lipinski definition) is 4. The molecule has 0 N–H and O–H groups in total. The van der Waals surface area contributed by atoms with Gasteiger partial charge in [-0.05, 0) is 17.2 Å². The highest BCUT2D eigenvalue weighted by Crippen LogP contribution is 2.19. The smallest absolute Gasteiger partial charge is 0.224 e. The van der Waals surface area contributed by atoms with E-state index in [1.165, 1.54) is 5.56 Å². The molecular weight excluding hydrogens is 291 g/mol. The van der Waals surface area contributed by atoms with Crippen LogP contribution in [0.25, 0.3) is 0 Å². The third-order valence-corrected chi connectivity index (χ3v) is 3.80. The zero-order chi connectivity index (χ0) is 14.7. The Kier molecular flexibility index (Phi) is 4.31. The van der Waals surface area contributed by atoms with E-state index in [2.05, 4.69) is 27.0 Å². The van der Waals surface area contributed by atoms with Gasteiger partial charge >= 0.3 is 0 Å². The summed E-state index contributed by atoms with van der Waals surface area (Å²) in [4.78, 5) is 11.9. The van der Waals surface area contributed by atoms with Crippen LogP contribution in [-0.4, -0.2) is 41.0 Å². The van der Waals surface area contributed by atoms with E-state index in [0.717, 1.165) is 38.9 Å². The van der Waals surface area contributed by atoms with Crippen LogP contribution in [-0.2, 0) is 6.54 Å². The number of piperazine rings is 1. The molecule has 0 saturated carbocycles. The van der Waals surface area contributed by atoms with Crippen LogP contribution in [0.3, 0.4) is 0 Å². The molecule has 0 unspecified atom stereocenters. The lowest BCUT2D eigenvalue weighted by Crippen LogP contribution is -2.46. The molecule has 2 aromatic rings. The van der Waals surface area contributed by atoms with Gasteiger partial charge in [0.05, 0.1) is 6.20 Å². The molecule has 1 aliphatic rings. The first-order valence-electron chi connectivity index (χ1n) is 6.91. The number of benzene rings is 1. The fraction of sp³-hybridized carbons (Fsp3) is 0.333. The second-order valence-corrected chi connectivity index (χ2v) is 5.40. The van der Waals surface area contributed by atoms with Crippen molar-refractivity contribution in [3.8, 4) is 0 Å². The molecule has 0 spiro atoms. The molecule has 1 fully saturated rings. The summed E-state index contributed by atoms with van der Waals surface area (Å²) in [7, 11) is 0. The van der Waals surface area contributed by atoms with Crippen molar-refractivity contribution >= 4 is 17.4 Å². The second-order valence-electron chi connectivity index (χ2n) is 5.06. The minimum absolute atomic E-state index is 0.0816. The zero-order valence-electron chi connectivity index (χ0n) is 11.5. The lowest BCUT2D eigenvalue weighted by molar-refractivity contribution is 0.248. The van der Waals surface area contributed by atoms with Crippen molar-refractivity contribution in [3.63, 3.8) is 0 Å². The molecule has 0 amide bonds. The van der Waals surface area contributed by atoms with E-state index in [9.17, 15) is 4.39 Å². The van der Waals surface area contributed by atoms with Crippen molar-refractivity contribution < 1.29 is 4.39 Å². The third kappa shape index (κ3) is 3.49. The molecular formula is C15H16ClFN4. The van der Waals surface area contributed by atoms with Crippen LogP contribution in [0.4, 0.5) is 10.2 Å². The summed E-state index contributed by atoms with van der Waals surface area (Å²) >= 11 is 5.75. The van der Waals surface area contributed by atoms with Gasteiger partial charge in [-0.1, -0.05) is 30.3 Å². The van der Waals surface area contributed by atoms with E-state index in [1.807, 2.05) is 23.1 Å². The molecule has 110 valence electrons. The summed E-state index contributed by atoms with van der Waals surface area (Å²) in [5.41, 5.74) is 1.29. The maximum Gasteiger partial charge on any atom is 0.224 e. The predicted molar refractivity (Wildman–Crippen MR) is 80.9 cm³/mol. The highest BCUT2D eigenvalue weighted by atomic mass is 35.5. The second kappa shape index (κ2) is 6.37. The van der Waals surface area contributed by atoms with Gasteiger partial charge in [-0.2, -0.15) is 4.98 Å². The summed E-state index contributed by atoms with van der Waals surface area (Å²) < 4.78 is 13.8. The molecule has 1 aliphatic heterocycles. The summed E-state index contributed by atoms with van der Waals surface area (Å²) in [6, 6.07) is 10.4. The SMILES string of the molecule is Fc1cnc(Cl)nc1N1CCN(Cc2ccccc2)CC1. The highest BCUT2D eigenvalue weighted by molar-refractivity contribution is 6.28. The van der Waals surface area contributed by atoms with E-state index in [1.54, 1.807) is 0 Å². The van der Waals surface area contributed by atoms with Crippen LogP contribution in [0.5, 0.6) is 0 Å². The lowest BCUT2D eigenvalue weighted by atomic mass is 10.2. The topological polar surface area (TPSA) is 32.3 Å². The monoisotopic (exact) mass is 306 g/mol. The minimum atomic E-state index is -0.420. The van der Waals surface area contributed by atoms with Crippen molar-refractivity contribution in [2.75, 3.05) is 31.1 Å². The minimum Gasteiger partial charge on any atom is -0.351 e. The molecule has 0 atom stereocenters. The summed E-state index contributed by atoms with van der Waals surface area (Å²) in [6.07, 6.45) is 1.13. The molecule has 0 bridgehead atoms. The Balaban J connectivity index is 1.61. The molecule has 4 nitrogen and oxygen atoms in total. The first-order valence-corrected chi connectivity index (χ1v) is 7.29. The van der Waals surface area contributed by atoms with Gasteiger partial charge in [0.1, 0.15) is 0 Å². The first-order chi connectivity index (χ1) is 10.2. The van der Waals surface area contributed by atoms with Gasteiger partial charge in [0.15, 0.2) is 11.6 Å². The van der Waals surface area contributed by atoms with Crippen molar-refractivity contribution in [2.24, 2.45) is 0 Å². The Labute approximate surface area is 128 Å². The van der Waals surface area contributed by atoms with Crippen molar-refractivity contribution in [1.82, 2.24) is 14.9 Å². The van der Waals surface area contributed by atoms with Crippen LogP contribution in [0, 0.1) is 5.82 Å².